The second-order valence-corrected chi connectivity index (χ2v) is 12.0. The Bertz CT molecular complexity index is 1430. The number of nitrogens with zero attached hydrogens (tertiary/aromatic N) is 3. The molecular weight excluding hydrogens is 650 g/mol. The fourth-order valence-electron chi connectivity index (χ4n) is 5.79. The van der Waals surface area contributed by atoms with Gasteiger partial charge in [0.1, 0.15) is 48.8 Å². The Hall–Kier alpha value is -3.47. The van der Waals surface area contributed by atoms with E-state index in [-0.39, 0.29) is 39.6 Å². The minimum absolute atomic E-state index is 0.00777. The van der Waals surface area contributed by atoms with Gasteiger partial charge in [0.25, 0.3) is 0 Å². The van der Waals surface area contributed by atoms with Crippen LogP contribution in [-0.2, 0) is 53.0 Å². The van der Waals surface area contributed by atoms with Crippen LogP contribution in [-0.4, -0.2) is 108 Å². The van der Waals surface area contributed by atoms with Crippen molar-refractivity contribution in [2.45, 2.75) is 87.7 Å². The number of rotatable bonds is 18. The molecule has 0 amide bonds. The number of benzene rings is 3. The molecule has 0 radical (unpaired) electrons. The number of azide groups is 1. The second-order valence-electron chi connectivity index (χ2n) is 12.0. The summed E-state index contributed by atoms with van der Waals surface area (Å²) < 4.78 is 44.2. The molecule has 14 heteroatoms. The highest BCUT2D eigenvalue weighted by Gasteiger charge is 2.52. The van der Waals surface area contributed by atoms with Crippen molar-refractivity contribution in [3.8, 4) is 0 Å². The molecule has 5 rings (SSSR count). The lowest BCUT2D eigenvalue weighted by molar-refractivity contribution is -0.369. The van der Waals surface area contributed by atoms with Crippen LogP contribution >= 0.6 is 0 Å². The van der Waals surface area contributed by atoms with Crippen molar-refractivity contribution in [1.82, 2.24) is 0 Å². The van der Waals surface area contributed by atoms with Crippen LogP contribution in [0.1, 0.15) is 23.1 Å². The van der Waals surface area contributed by atoms with Gasteiger partial charge in [-0.25, -0.2) is 0 Å². The van der Waals surface area contributed by atoms with Crippen LogP contribution in [0.2, 0.25) is 0 Å². The van der Waals surface area contributed by atoms with Gasteiger partial charge in [0.05, 0.1) is 33.0 Å². The fraction of sp³-hybridized carbons (Fsp3) is 0.500. The Morgan fingerprint density at radius 3 is 1.78 bits per heavy atom. The summed E-state index contributed by atoms with van der Waals surface area (Å²) in [7, 11) is 0. The highest BCUT2D eigenvalue weighted by molar-refractivity contribution is 5.15. The molecule has 3 aromatic carbocycles. The van der Waals surface area contributed by atoms with E-state index in [1.54, 1.807) is 0 Å². The Morgan fingerprint density at radius 2 is 1.20 bits per heavy atom. The molecule has 0 aromatic heterocycles. The molecule has 2 aliphatic heterocycles. The van der Waals surface area contributed by atoms with Gasteiger partial charge in [-0.1, -0.05) is 96.1 Å². The van der Waals surface area contributed by atoms with E-state index in [9.17, 15) is 20.4 Å². The van der Waals surface area contributed by atoms with Crippen molar-refractivity contribution >= 4 is 0 Å². The van der Waals surface area contributed by atoms with Crippen molar-refractivity contribution in [2.75, 3.05) is 26.4 Å². The predicted octanol–water partition coefficient (Wildman–Crippen LogP) is 3.00. The molecule has 0 saturated carbocycles. The molecule has 0 unspecified atom stereocenters. The molecule has 10 atom stereocenters. The highest BCUT2D eigenvalue weighted by atomic mass is 16.8. The minimum atomic E-state index is -1.67. The lowest BCUT2D eigenvalue weighted by atomic mass is 9.96. The van der Waals surface area contributed by atoms with E-state index in [4.69, 9.17) is 38.7 Å². The predicted molar refractivity (Wildman–Crippen MR) is 178 cm³/mol. The number of aliphatic hydroxyl groups excluding tert-OH is 4. The Balaban J connectivity index is 1.47. The van der Waals surface area contributed by atoms with Gasteiger partial charge in [-0.05, 0) is 28.6 Å². The zero-order valence-electron chi connectivity index (χ0n) is 27.6. The van der Waals surface area contributed by atoms with Gasteiger partial charge in [-0.15, -0.1) is 0 Å². The molecule has 270 valence electrons. The van der Waals surface area contributed by atoms with Gasteiger partial charge in [-0.2, -0.15) is 0 Å². The van der Waals surface area contributed by atoms with Crippen LogP contribution in [0.5, 0.6) is 0 Å². The summed E-state index contributed by atoms with van der Waals surface area (Å²) in [6, 6.07) is 28.6. The number of hydrogen-bond donors (Lipinski definition) is 4. The largest absolute Gasteiger partial charge is 0.394 e. The highest BCUT2D eigenvalue weighted by Crippen LogP contribution is 2.34. The van der Waals surface area contributed by atoms with Crippen molar-refractivity contribution in [3.05, 3.63) is 118 Å². The van der Waals surface area contributed by atoms with Gasteiger partial charge < -0.3 is 53.6 Å². The second kappa shape index (κ2) is 19.8. The van der Waals surface area contributed by atoms with E-state index in [2.05, 4.69) is 10.0 Å². The number of ether oxygens (including phenoxy) is 7. The van der Waals surface area contributed by atoms with Gasteiger partial charge in [0, 0.05) is 18.1 Å². The number of hydrogen-bond acceptors (Lipinski definition) is 12. The molecule has 0 bridgehead atoms. The standard InChI is InChI=1S/C36H45N3O11/c37-39-38-17-10-18-45-36-34(47-22-26-15-8-3-9-16-26)33(46-21-25-13-6-2-7-14-25)32(28(49-36)23-44-20-24-11-4-1-5-12-24)50-35-31(43)30(42)29(41)27(19-40)48-35/h1-9,11-16,27-36,40-43H,10,17-23H2/t27-,28-,29+,30+,31-,32-,33+,34-,35+,36-/m1/s1. The fourth-order valence-corrected chi connectivity index (χ4v) is 5.79. The first-order chi connectivity index (χ1) is 24.5. The molecule has 14 nitrogen and oxygen atoms in total. The monoisotopic (exact) mass is 695 g/mol. The zero-order valence-corrected chi connectivity index (χ0v) is 27.6. The van der Waals surface area contributed by atoms with Crippen LogP contribution in [0.3, 0.4) is 0 Å². The van der Waals surface area contributed by atoms with Crippen LogP contribution in [0.25, 0.3) is 10.4 Å². The van der Waals surface area contributed by atoms with Crippen molar-refractivity contribution in [2.24, 2.45) is 5.11 Å². The summed E-state index contributed by atoms with van der Waals surface area (Å²) in [6.45, 7) is 0.335. The summed E-state index contributed by atoms with van der Waals surface area (Å²) in [5, 5.41) is 45.4. The molecule has 50 heavy (non-hydrogen) atoms. The van der Waals surface area contributed by atoms with Crippen LogP contribution < -0.4 is 0 Å². The lowest BCUT2D eigenvalue weighted by Crippen LogP contribution is -2.65. The van der Waals surface area contributed by atoms with Crippen molar-refractivity contribution < 1.29 is 53.6 Å². The summed E-state index contributed by atoms with van der Waals surface area (Å²) in [5.41, 5.74) is 11.4. The van der Waals surface area contributed by atoms with E-state index in [0.29, 0.717) is 6.42 Å². The molecule has 0 aliphatic carbocycles. The van der Waals surface area contributed by atoms with Crippen molar-refractivity contribution in [1.29, 1.82) is 0 Å². The maximum Gasteiger partial charge on any atom is 0.187 e. The molecule has 2 fully saturated rings. The molecule has 3 aromatic rings. The van der Waals surface area contributed by atoms with Crippen LogP contribution in [0.4, 0.5) is 0 Å². The number of aliphatic hydroxyl groups is 4. The average molecular weight is 696 g/mol. The summed E-state index contributed by atoms with van der Waals surface area (Å²) in [5.74, 6) is 0. The maximum atomic E-state index is 11.0. The van der Waals surface area contributed by atoms with Crippen LogP contribution in [0.15, 0.2) is 96.1 Å². The van der Waals surface area contributed by atoms with E-state index >= 15 is 0 Å². The Morgan fingerprint density at radius 1 is 0.640 bits per heavy atom. The topological polar surface area (TPSA) is 194 Å². The normalized spacial score (nSPS) is 29.7. The van der Waals surface area contributed by atoms with Gasteiger partial charge in [-0.3, -0.25) is 0 Å². The van der Waals surface area contributed by atoms with E-state index in [1.165, 1.54) is 0 Å². The van der Waals surface area contributed by atoms with Crippen molar-refractivity contribution in [3.63, 3.8) is 0 Å². The Kier molecular flexibility index (Phi) is 15.0. The van der Waals surface area contributed by atoms with Gasteiger partial charge >= 0.3 is 0 Å². The maximum absolute atomic E-state index is 11.0. The lowest BCUT2D eigenvalue weighted by Gasteiger charge is -2.48. The van der Waals surface area contributed by atoms with E-state index in [1.807, 2.05) is 91.0 Å². The molecule has 0 spiro atoms. The molecule has 2 saturated heterocycles. The average Bonchev–Trinajstić information content (AvgIpc) is 3.15. The smallest absolute Gasteiger partial charge is 0.187 e. The first kappa shape index (κ1) is 37.8. The summed E-state index contributed by atoms with van der Waals surface area (Å²) in [4.78, 5) is 2.81. The van der Waals surface area contributed by atoms with Gasteiger partial charge in [0.2, 0.25) is 0 Å². The van der Waals surface area contributed by atoms with Crippen LogP contribution in [0, 0.1) is 0 Å². The zero-order chi connectivity index (χ0) is 35.1. The Labute approximate surface area is 290 Å². The summed E-state index contributed by atoms with van der Waals surface area (Å²) in [6.07, 6.45) is -11.9. The third-order valence-electron chi connectivity index (χ3n) is 8.44. The SMILES string of the molecule is [N-]=[N+]=NCCCO[C@@H]1O[C@H](COCc2ccccc2)[C@@H](O[C@@H]2O[C@H](CO)[C@H](O)[C@H](O)[C@H]2O)[C@H](OCc2ccccc2)[C@H]1OCc1ccccc1. The summed E-state index contributed by atoms with van der Waals surface area (Å²) >= 11 is 0. The van der Waals surface area contributed by atoms with E-state index < -0.39 is 68.0 Å². The molecular formula is C36H45N3O11. The minimum Gasteiger partial charge on any atom is -0.394 e. The van der Waals surface area contributed by atoms with Gasteiger partial charge in [0.15, 0.2) is 12.6 Å². The molecule has 4 N–H and O–H groups in total. The molecule has 2 aliphatic rings. The first-order valence-electron chi connectivity index (χ1n) is 16.6. The third kappa shape index (κ3) is 10.5. The van der Waals surface area contributed by atoms with E-state index in [0.717, 1.165) is 16.7 Å². The molecule has 2 heterocycles. The quantitative estimate of drug-likeness (QED) is 0.0662. The first-order valence-corrected chi connectivity index (χ1v) is 16.6. The third-order valence-corrected chi connectivity index (χ3v) is 8.44.